The van der Waals surface area contributed by atoms with Gasteiger partial charge >= 0.3 is 0 Å². The number of benzene rings is 1. The van der Waals surface area contributed by atoms with Crippen LogP contribution >= 0.6 is 11.6 Å². The highest BCUT2D eigenvalue weighted by molar-refractivity contribution is 7.89. The summed E-state index contributed by atoms with van der Waals surface area (Å²) in [7, 11) is -3.50. The first-order valence-electron chi connectivity index (χ1n) is 8.62. The Kier molecular flexibility index (Phi) is 5.67. The van der Waals surface area contributed by atoms with Gasteiger partial charge in [-0.25, -0.2) is 8.42 Å². The van der Waals surface area contributed by atoms with E-state index in [2.05, 4.69) is 15.0 Å². The molecule has 1 unspecified atom stereocenters. The highest BCUT2D eigenvalue weighted by Gasteiger charge is 2.31. The van der Waals surface area contributed by atoms with Gasteiger partial charge < -0.3 is 4.52 Å². The molecular weight excluding hydrogens is 376 g/mol. The van der Waals surface area contributed by atoms with Gasteiger partial charge in [-0.05, 0) is 31.2 Å². The zero-order valence-electron chi connectivity index (χ0n) is 15.1. The molecule has 7 nitrogen and oxygen atoms in total. The SMILES string of the molecule is CC(C)c1noc(C(C)N2CCN(S(=O)(=O)c3ccc(Cl)cc3)CC2)n1. The van der Waals surface area contributed by atoms with Gasteiger partial charge in [-0.15, -0.1) is 0 Å². The molecule has 142 valence electrons. The molecule has 1 aromatic carbocycles. The van der Waals surface area contributed by atoms with Gasteiger partial charge in [0.05, 0.1) is 10.9 Å². The molecule has 1 fully saturated rings. The Labute approximate surface area is 159 Å². The van der Waals surface area contributed by atoms with E-state index in [1.165, 1.54) is 4.31 Å². The van der Waals surface area contributed by atoms with Crippen LogP contribution in [0.2, 0.25) is 5.02 Å². The molecule has 0 aliphatic carbocycles. The van der Waals surface area contributed by atoms with Crippen LogP contribution in [0.15, 0.2) is 33.7 Å². The Morgan fingerprint density at radius 3 is 2.23 bits per heavy atom. The summed E-state index contributed by atoms with van der Waals surface area (Å²) in [6.07, 6.45) is 0. The van der Waals surface area contributed by atoms with Crippen molar-refractivity contribution in [3.63, 3.8) is 0 Å². The van der Waals surface area contributed by atoms with E-state index in [4.69, 9.17) is 16.1 Å². The van der Waals surface area contributed by atoms with Crippen molar-refractivity contribution in [2.75, 3.05) is 26.2 Å². The van der Waals surface area contributed by atoms with Gasteiger partial charge in [0, 0.05) is 37.1 Å². The summed E-state index contributed by atoms with van der Waals surface area (Å²) in [5.74, 6) is 1.47. The zero-order valence-corrected chi connectivity index (χ0v) is 16.7. The second-order valence-electron chi connectivity index (χ2n) is 6.72. The highest BCUT2D eigenvalue weighted by Crippen LogP contribution is 2.24. The number of hydrogen-bond donors (Lipinski definition) is 0. The quantitative estimate of drug-likeness (QED) is 0.770. The molecule has 3 rings (SSSR count). The Balaban J connectivity index is 1.65. The molecule has 1 aliphatic heterocycles. The Bertz CT molecular complexity index is 843. The number of rotatable bonds is 5. The maximum Gasteiger partial charge on any atom is 0.243 e. The lowest BCUT2D eigenvalue weighted by Crippen LogP contribution is -2.49. The van der Waals surface area contributed by atoms with E-state index in [9.17, 15) is 8.42 Å². The van der Waals surface area contributed by atoms with Crippen LogP contribution in [0.5, 0.6) is 0 Å². The second-order valence-corrected chi connectivity index (χ2v) is 9.09. The van der Waals surface area contributed by atoms with E-state index in [1.807, 2.05) is 20.8 Å². The topological polar surface area (TPSA) is 79.5 Å². The first-order valence-corrected chi connectivity index (χ1v) is 10.4. The van der Waals surface area contributed by atoms with Gasteiger partial charge in [-0.3, -0.25) is 4.90 Å². The number of aromatic nitrogens is 2. The van der Waals surface area contributed by atoms with Crippen LogP contribution in [0.3, 0.4) is 0 Å². The smallest absolute Gasteiger partial charge is 0.243 e. The van der Waals surface area contributed by atoms with Gasteiger partial charge in [0.1, 0.15) is 0 Å². The van der Waals surface area contributed by atoms with Crippen molar-refractivity contribution in [2.45, 2.75) is 37.6 Å². The molecule has 1 aromatic heterocycles. The van der Waals surface area contributed by atoms with E-state index in [1.54, 1.807) is 24.3 Å². The lowest BCUT2D eigenvalue weighted by Gasteiger charge is -2.36. The first kappa shape index (κ1) is 19.3. The summed E-state index contributed by atoms with van der Waals surface area (Å²) in [5, 5.41) is 4.52. The fourth-order valence-electron chi connectivity index (χ4n) is 2.89. The minimum Gasteiger partial charge on any atom is -0.338 e. The summed E-state index contributed by atoms with van der Waals surface area (Å²) >= 11 is 5.85. The summed E-state index contributed by atoms with van der Waals surface area (Å²) < 4.78 is 32.4. The first-order chi connectivity index (χ1) is 12.3. The van der Waals surface area contributed by atoms with Gasteiger partial charge in [-0.1, -0.05) is 30.6 Å². The Hall–Kier alpha value is -1.48. The maximum atomic E-state index is 12.7. The summed E-state index contributed by atoms with van der Waals surface area (Å²) in [6, 6.07) is 6.22. The minimum atomic E-state index is -3.50. The van der Waals surface area contributed by atoms with Crippen molar-refractivity contribution < 1.29 is 12.9 Å². The molecular formula is C17H23ClN4O3S. The van der Waals surface area contributed by atoms with Crippen LogP contribution in [-0.4, -0.2) is 53.9 Å². The summed E-state index contributed by atoms with van der Waals surface area (Å²) in [5.41, 5.74) is 0. The third-order valence-electron chi connectivity index (χ3n) is 4.60. The average Bonchev–Trinajstić information content (AvgIpc) is 3.12. The Morgan fingerprint density at radius 2 is 1.69 bits per heavy atom. The van der Waals surface area contributed by atoms with Crippen LogP contribution in [0.4, 0.5) is 0 Å². The van der Waals surface area contributed by atoms with Crippen LogP contribution in [0, 0.1) is 0 Å². The van der Waals surface area contributed by atoms with E-state index in [0.717, 1.165) is 0 Å². The molecule has 0 radical (unpaired) electrons. The highest BCUT2D eigenvalue weighted by atomic mass is 35.5. The zero-order chi connectivity index (χ0) is 18.9. The van der Waals surface area contributed by atoms with Crippen molar-refractivity contribution in [1.29, 1.82) is 0 Å². The van der Waals surface area contributed by atoms with Gasteiger partial charge in [0.15, 0.2) is 5.82 Å². The normalized spacial score (nSPS) is 18.3. The lowest BCUT2D eigenvalue weighted by atomic mass is 10.2. The molecule has 0 bridgehead atoms. The molecule has 0 amide bonds. The fourth-order valence-corrected chi connectivity index (χ4v) is 4.44. The molecule has 9 heteroatoms. The van der Waals surface area contributed by atoms with Crippen molar-refractivity contribution in [2.24, 2.45) is 0 Å². The number of halogens is 1. The van der Waals surface area contributed by atoms with Gasteiger partial charge in [0.25, 0.3) is 0 Å². The van der Waals surface area contributed by atoms with Crippen LogP contribution in [0.25, 0.3) is 0 Å². The number of hydrogen-bond acceptors (Lipinski definition) is 6. The third kappa shape index (κ3) is 3.93. The minimum absolute atomic E-state index is 0.0459. The standard InChI is InChI=1S/C17H23ClN4O3S/c1-12(2)16-19-17(25-20-16)13(3)21-8-10-22(11-9-21)26(23,24)15-6-4-14(18)5-7-15/h4-7,12-13H,8-11H2,1-3H3. The largest absolute Gasteiger partial charge is 0.338 e. The molecule has 2 heterocycles. The van der Waals surface area contributed by atoms with E-state index >= 15 is 0 Å². The average molecular weight is 399 g/mol. The van der Waals surface area contributed by atoms with Crippen LogP contribution < -0.4 is 0 Å². The lowest BCUT2D eigenvalue weighted by molar-refractivity contribution is 0.124. The summed E-state index contributed by atoms with van der Waals surface area (Å²) in [6.45, 7) is 8.07. The molecule has 0 N–H and O–H groups in total. The van der Waals surface area contributed by atoms with Gasteiger partial charge in [-0.2, -0.15) is 9.29 Å². The van der Waals surface area contributed by atoms with Crippen LogP contribution in [-0.2, 0) is 10.0 Å². The third-order valence-corrected chi connectivity index (χ3v) is 6.77. The predicted octanol–water partition coefficient (Wildman–Crippen LogP) is 2.91. The Morgan fingerprint density at radius 1 is 1.08 bits per heavy atom. The fraction of sp³-hybridized carbons (Fsp3) is 0.529. The van der Waals surface area contributed by atoms with Crippen molar-refractivity contribution in [3.8, 4) is 0 Å². The van der Waals surface area contributed by atoms with E-state index in [0.29, 0.717) is 42.9 Å². The maximum absolute atomic E-state index is 12.7. The molecule has 0 spiro atoms. The molecule has 1 atom stereocenters. The summed E-state index contributed by atoms with van der Waals surface area (Å²) in [4.78, 5) is 6.87. The second kappa shape index (κ2) is 7.64. The number of nitrogens with zero attached hydrogens (tertiary/aromatic N) is 4. The molecule has 1 saturated heterocycles. The van der Waals surface area contributed by atoms with Gasteiger partial charge in [0.2, 0.25) is 15.9 Å². The molecule has 26 heavy (non-hydrogen) atoms. The van der Waals surface area contributed by atoms with E-state index in [-0.39, 0.29) is 16.9 Å². The predicted molar refractivity (Wildman–Crippen MR) is 98.6 cm³/mol. The molecule has 0 saturated carbocycles. The monoisotopic (exact) mass is 398 g/mol. The number of sulfonamides is 1. The van der Waals surface area contributed by atoms with Crippen molar-refractivity contribution in [3.05, 3.63) is 41.0 Å². The van der Waals surface area contributed by atoms with E-state index < -0.39 is 10.0 Å². The molecule has 1 aliphatic rings. The number of piperazine rings is 1. The van der Waals surface area contributed by atoms with Crippen LogP contribution in [0.1, 0.15) is 44.4 Å². The van der Waals surface area contributed by atoms with Crippen molar-refractivity contribution >= 4 is 21.6 Å². The molecule has 2 aromatic rings. The van der Waals surface area contributed by atoms with Crippen molar-refractivity contribution in [1.82, 2.24) is 19.3 Å².